The summed E-state index contributed by atoms with van der Waals surface area (Å²) in [7, 11) is -3.52. The Labute approximate surface area is 149 Å². The highest BCUT2D eigenvalue weighted by atomic mass is 32.2. The Kier molecular flexibility index (Phi) is 6.50. The molecule has 0 fully saturated rings. The van der Waals surface area contributed by atoms with Gasteiger partial charge in [-0.15, -0.1) is 6.58 Å². The molecule has 0 heterocycles. The maximum absolute atomic E-state index is 12.7. The molecule has 0 aliphatic heterocycles. The first-order chi connectivity index (χ1) is 12.0. The number of nitrogens with zero attached hydrogens (tertiary/aromatic N) is 1. The van der Waals surface area contributed by atoms with Gasteiger partial charge in [-0.05, 0) is 29.8 Å². The molecule has 0 radical (unpaired) electrons. The zero-order chi connectivity index (χ0) is 18.3. The van der Waals surface area contributed by atoms with E-state index < -0.39 is 10.0 Å². The van der Waals surface area contributed by atoms with Crippen LogP contribution in [0.3, 0.4) is 0 Å². The van der Waals surface area contributed by atoms with E-state index in [2.05, 4.69) is 11.3 Å². The van der Waals surface area contributed by atoms with E-state index in [4.69, 9.17) is 0 Å². The second-order valence-corrected chi connectivity index (χ2v) is 7.25. The fraction of sp³-hybridized carbons (Fsp3) is 0.211. The van der Waals surface area contributed by atoms with Crippen molar-refractivity contribution in [2.45, 2.75) is 18.4 Å². The lowest BCUT2D eigenvalue weighted by Crippen LogP contribution is -2.30. The number of hydrogen-bond acceptors (Lipinski definition) is 3. The molecule has 6 heteroatoms. The summed E-state index contributed by atoms with van der Waals surface area (Å²) >= 11 is 0. The first kappa shape index (κ1) is 18.9. The average molecular weight is 358 g/mol. The summed E-state index contributed by atoms with van der Waals surface area (Å²) in [6, 6.07) is 15.6. The molecule has 1 amide bonds. The third-order valence-electron chi connectivity index (χ3n) is 3.60. The van der Waals surface area contributed by atoms with Crippen molar-refractivity contribution in [2.24, 2.45) is 0 Å². The highest BCUT2D eigenvalue weighted by molar-refractivity contribution is 7.89. The van der Waals surface area contributed by atoms with E-state index in [9.17, 15) is 13.2 Å². The molecule has 2 aromatic carbocycles. The first-order valence-electron chi connectivity index (χ1n) is 8.01. The van der Waals surface area contributed by atoms with Crippen LogP contribution in [0.4, 0.5) is 0 Å². The Morgan fingerprint density at radius 3 is 2.32 bits per heavy atom. The topological polar surface area (TPSA) is 66.5 Å². The van der Waals surface area contributed by atoms with Gasteiger partial charge in [0.1, 0.15) is 0 Å². The number of carbonyl (C=O) groups is 1. The monoisotopic (exact) mass is 358 g/mol. The minimum absolute atomic E-state index is 0.143. The number of amides is 1. The summed E-state index contributed by atoms with van der Waals surface area (Å²) in [5.74, 6) is -0.170. The van der Waals surface area contributed by atoms with Crippen LogP contribution in [0, 0.1) is 0 Å². The second-order valence-electron chi connectivity index (χ2n) is 5.49. The van der Waals surface area contributed by atoms with Crippen molar-refractivity contribution in [3.8, 4) is 0 Å². The Morgan fingerprint density at radius 1 is 1.12 bits per heavy atom. The van der Waals surface area contributed by atoms with Crippen LogP contribution >= 0.6 is 0 Å². The van der Waals surface area contributed by atoms with Crippen molar-refractivity contribution in [1.82, 2.24) is 9.62 Å². The summed E-state index contributed by atoms with van der Waals surface area (Å²) in [6.45, 7) is 6.60. The Balaban J connectivity index is 2.20. The van der Waals surface area contributed by atoms with Crippen LogP contribution in [0.1, 0.15) is 22.8 Å². The Hall–Kier alpha value is -2.44. The van der Waals surface area contributed by atoms with Gasteiger partial charge in [0.25, 0.3) is 5.91 Å². The summed E-state index contributed by atoms with van der Waals surface area (Å²) in [4.78, 5) is 14.5. The molecular weight excluding hydrogens is 336 g/mol. The lowest BCUT2D eigenvalue weighted by molar-refractivity contribution is 0.0762. The third kappa shape index (κ3) is 5.01. The van der Waals surface area contributed by atoms with Gasteiger partial charge in [0.15, 0.2) is 0 Å². The van der Waals surface area contributed by atoms with Gasteiger partial charge in [-0.3, -0.25) is 4.79 Å². The zero-order valence-corrected chi connectivity index (χ0v) is 15.0. The number of sulfonamides is 1. The third-order valence-corrected chi connectivity index (χ3v) is 5.16. The molecule has 0 unspecified atom stereocenters. The highest BCUT2D eigenvalue weighted by Crippen LogP contribution is 2.14. The molecule has 0 spiro atoms. The number of nitrogens with one attached hydrogen (secondary N) is 1. The normalized spacial score (nSPS) is 11.1. The number of benzene rings is 2. The Bertz CT molecular complexity index is 816. The van der Waals surface area contributed by atoms with Crippen LogP contribution in [0.15, 0.2) is 72.1 Å². The molecular formula is C19H22N2O3S. The smallest absolute Gasteiger partial charge is 0.254 e. The van der Waals surface area contributed by atoms with Crippen molar-refractivity contribution < 1.29 is 13.2 Å². The zero-order valence-electron chi connectivity index (χ0n) is 14.2. The van der Waals surface area contributed by atoms with Gasteiger partial charge in [-0.1, -0.05) is 43.3 Å². The van der Waals surface area contributed by atoms with Crippen molar-refractivity contribution in [3.63, 3.8) is 0 Å². The van der Waals surface area contributed by atoms with E-state index in [1.165, 1.54) is 24.3 Å². The molecule has 132 valence electrons. The predicted molar refractivity (Wildman–Crippen MR) is 98.7 cm³/mol. The predicted octanol–water partition coefficient (Wildman–Crippen LogP) is 2.81. The van der Waals surface area contributed by atoms with E-state index in [0.717, 1.165) is 5.56 Å². The van der Waals surface area contributed by atoms with Gasteiger partial charge in [-0.25, -0.2) is 13.1 Å². The number of carbonyl (C=O) groups excluding carboxylic acids is 1. The molecule has 0 atom stereocenters. The molecule has 5 nitrogen and oxygen atoms in total. The molecule has 25 heavy (non-hydrogen) atoms. The largest absolute Gasteiger partial charge is 0.331 e. The van der Waals surface area contributed by atoms with Crippen molar-refractivity contribution >= 4 is 15.9 Å². The molecule has 0 aliphatic carbocycles. The highest BCUT2D eigenvalue weighted by Gasteiger charge is 2.17. The van der Waals surface area contributed by atoms with E-state index >= 15 is 0 Å². The number of hydrogen-bond donors (Lipinski definition) is 1. The van der Waals surface area contributed by atoms with Gasteiger partial charge in [0, 0.05) is 25.2 Å². The van der Waals surface area contributed by atoms with E-state index in [-0.39, 0.29) is 10.8 Å². The minimum atomic E-state index is -3.52. The van der Waals surface area contributed by atoms with Crippen molar-refractivity contribution in [1.29, 1.82) is 0 Å². The maximum atomic E-state index is 12.7. The summed E-state index contributed by atoms with van der Waals surface area (Å²) in [6.07, 6.45) is 1.67. The van der Waals surface area contributed by atoms with Gasteiger partial charge in [0.2, 0.25) is 10.0 Å². The van der Waals surface area contributed by atoms with Crippen LogP contribution in [-0.2, 0) is 16.6 Å². The van der Waals surface area contributed by atoms with Gasteiger partial charge < -0.3 is 4.90 Å². The summed E-state index contributed by atoms with van der Waals surface area (Å²) in [5, 5.41) is 0. The van der Waals surface area contributed by atoms with Gasteiger partial charge in [-0.2, -0.15) is 0 Å². The lowest BCUT2D eigenvalue weighted by atomic mass is 10.1. The molecule has 0 bridgehead atoms. The standard InChI is InChI=1S/C19H22N2O3S/c1-3-14-21(15-16-8-6-5-7-9-16)19(22)17-10-12-18(13-11-17)25(23,24)20-4-2/h3,5-13,20H,1,4,14-15H2,2H3. The van der Waals surface area contributed by atoms with Crippen LogP contribution < -0.4 is 4.72 Å². The quantitative estimate of drug-likeness (QED) is 0.738. The minimum Gasteiger partial charge on any atom is -0.331 e. The van der Waals surface area contributed by atoms with E-state index in [1.807, 2.05) is 30.3 Å². The van der Waals surface area contributed by atoms with Crippen LogP contribution in [0.25, 0.3) is 0 Å². The van der Waals surface area contributed by atoms with Gasteiger partial charge >= 0.3 is 0 Å². The number of rotatable bonds is 8. The van der Waals surface area contributed by atoms with Crippen molar-refractivity contribution in [2.75, 3.05) is 13.1 Å². The fourth-order valence-corrected chi connectivity index (χ4v) is 3.45. The van der Waals surface area contributed by atoms with Crippen LogP contribution in [0.2, 0.25) is 0 Å². The lowest BCUT2D eigenvalue weighted by Gasteiger charge is -2.21. The van der Waals surface area contributed by atoms with E-state index in [1.54, 1.807) is 17.9 Å². The SMILES string of the molecule is C=CCN(Cc1ccccc1)C(=O)c1ccc(S(=O)(=O)NCC)cc1. The molecule has 2 aromatic rings. The maximum Gasteiger partial charge on any atom is 0.254 e. The second kappa shape index (κ2) is 8.60. The molecule has 0 aromatic heterocycles. The molecule has 0 saturated carbocycles. The van der Waals surface area contributed by atoms with Crippen LogP contribution in [-0.4, -0.2) is 32.3 Å². The summed E-state index contributed by atoms with van der Waals surface area (Å²) in [5.41, 5.74) is 1.46. The Morgan fingerprint density at radius 2 is 1.76 bits per heavy atom. The van der Waals surface area contributed by atoms with E-state index in [0.29, 0.717) is 25.2 Å². The van der Waals surface area contributed by atoms with Crippen LogP contribution in [0.5, 0.6) is 0 Å². The summed E-state index contributed by atoms with van der Waals surface area (Å²) < 4.78 is 26.4. The fourth-order valence-electron chi connectivity index (χ4n) is 2.41. The first-order valence-corrected chi connectivity index (χ1v) is 9.50. The molecule has 0 saturated heterocycles. The van der Waals surface area contributed by atoms with Gasteiger partial charge in [0.05, 0.1) is 4.90 Å². The van der Waals surface area contributed by atoms with Crippen molar-refractivity contribution in [3.05, 3.63) is 78.4 Å². The average Bonchev–Trinajstić information content (AvgIpc) is 2.62. The molecule has 0 aliphatic rings. The molecule has 1 N–H and O–H groups in total. The molecule has 2 rings (SSSR count).